The molecule has 1 heterocycles. The smallest absolute Gasteiger partial charge is 0.253 e. The van der Waals surface area contributed by atoms with Gasteiger partial charge in [-0.25, -0.2) is 0 Å². The number of hydrogen-bond donors (Lipinski definition) is 1. The van der Waals surface area contributed by atoms with Crippen LogP contribution in [0.2, 0.25) is 0 Å². The van der Waals surface area contributed by atoms with Crippen molar-refractivity contribution in [2.75, 3.05) is 34.4 Å². The molecule has 0 radical (unpaired) electrons. The maximum absolute atomic E-state index is 13.2. The highest BCUT2D eigenvalue weighted by Crippen LogP contribution is 2.40. The second-order valence-electron chi connectivity index (χ2n) is 8.04. The molecule has 2 amide bonds. The van der Waals surface area contributed by atoms with Gasteiger partial charge in [-0.15, -0.1) is 0 Å². The molecule has 1 aliphatic carbocycles. The summed E-state index contributed by atoms with van der Waals surface area (Å²) in [6, 6.07) is 12.9. The largest absolute Gasteiger partial charge is 0.497 e. The van der Waals surface area contributed by atoms with Gasteiger partial charge >= 0.3 is 0 Å². The van der Waals surface area contributed by atoms with E-state index < -0.39 is 0 Å². The number of amides is 2. The lowest BCUT2D eigenvalue weighted by Crippen LogP contribution is -2.36. The van der Waals surface area contributed by atoms with Crippen molar-refractivity contribution in [1.82, 2.24) is 10.2 Å². The van der Waals surface area contributed by atoms with Gasteiger partial charge in [0, 0.05) is 42.2 Å². The summed E-state index contributed by atoms with van der Waals surface area (Å²) in [5.41, 5.74) is 1.48. The van der Waals surface area contributed by atoms with E-state index in [0.29, 0.717) is 35.9 Å². The molecule has 7 nitrogen and oxygen atoms in total. The lowest BCUT2D eigenvalue weighted by atomic mass is 9.87. The molecule has 1 aliphatic heterocycles. The Labute approximate surface area is 182 Å². The monoisotopic (exact) mass is 424 g/mol. The Balaban J connectivity index is 1.62. The number of ether oxygens (including phenoxy) is 3. The van der Waals surface area contributed by atoms with E-state index in [1.807, 2.05) is 18.2 Å². The molecule has 2 aromatic carbocycles. The van der Waals surface area contributed by atoms with E-state index >= 15 is 0 Å². The number of rotatable bonds is 7. The zero-order valence-electron chi connectivity index (χ0n) is 18.1. The molecule has 2 atom stereocenters. The third kappa shape index (κ3) is 4.45. The van der Waals surface area contributed by atoms with Gasteiger partial charge in [0.2, 0.25) is 5.91 Å². The molecule has 7 heteroatoms. The molecule has 0 spiro atoms. The van der Waals surface area contributed by atoms with Crippen molar-refractivity contribution < 1.29 is 23.8 Å². The van der Waals surface area contributed by atoms with Gasteiger partial charge in [-0.3, -0.25) is 9.59 Å². The van der Waals surface area contributed by atoms with Gasteiger partial charge in [-0.05, 0) is 43.2 Å². The maximum atomic E-state index is 13.2. The van der Waals surface area contributed by atoms with Gasteiger partial charge in [-0.2, -0.15) is 0 Å². The number of carbonyl (C=O) groups excluding carboxylic acids is 2. The van der Waals surface area contributed by atoms with Gasteiger partial charge in [0.15, 0.2) is 0 Å². The fourth-order valence-corrected chi connectivity index (χ4v) is 4.13. The Morgan fingerprint density at radius 2 is 1.58 bits per heavy atom. The summed E-state index contributed by atoms with van der Waals surface area (Å²) in [6.45, 7) is 0.805. The van der Waals surface area contributed by atoms with Crippen molar-refractivity contribution in [2.24, 2.45) is 5.92 Å². The van der Waals surface area contributed by atoms with Gasteiger partial charge in [0.1, 0.15) is 17.2 Å². The maximum Gasteiger partial charge on any atom is 0.253 e. The van der Waals surface area contributed by atoms with Crippen LogP contribution < -0.4 is 19.5 Å². The second kappa shape index (κ2) is 8.88. The number of hydrogen-bond acceptors (Lipinski definition) is 5. The molecule has 164 valence electrons. The van der Waals surface area contributed by atoms with Crippen molar-refractivity contribution in [3.63, 3.8) is 0 Å². The number of nitrogens with one attached hydrogen (secondary N) is 1. The molecule has 31 heavy (non-hydrogen) atoms. The summed E-state index contributed by atoms with van der Waals surface area (Å²) in [6.07, 6.45) is 2.03. The molecular formula is C24H28N2O5. The summed E-state index contributed by atoms with van der Waals surface area (Å²) in [7, 11) is 4.80. The van der Waals surface area contributed by atoms with Crippen molar-refractivity contribution in [3.8, 4) is 17.2 Å². The molecule has 2 fully saturated rings. The Hall–Kier alpha value is -3.22. The number of benzene rings is 2. The van der Waals surface area contributed by atoms with Crippen LogP contribution in [0.4, 0.5) is 0 Å². The van der Waals surface area contributed by atoms with Crippen molar-refractivity contribution in [1.29, 1.82) is 0 Å². The summed E-state index contributed by atoms with van der Waals surface area (Å²) < 4.78 is 16.1. The molecule has 2 aliphatic rings. The average molecular weight is 424 g/mol. The van der Waals surface area contributed by atoms with E-state index in [9.17, 15) is 9.59 Å². The van der Waals surface area contributed by atoms with Crippen LogP contribution in [0.15, 0.2) is 42.5 Å². The van der Waals surface area contributed by atoms with Crippen molar-refractivity contribution in [3.05, 3.63) is 53.6 Å². The first-order valence-corrected chi connectivity index (χ1v) is 10.5. The van der Waals surface area contributed by atoms with Crippen molar-refractivity contribution >= 4 is 11.8 Å². The van der Waals surface area contributed by atoms with Gasteiger partial charge in [0.25, 0.3) is 5.91 Å². The van der Waals surface area contributed by atoms with E-state index in [0.717, 1.165) is 18.4 Å². The van der Waals surface area contributed by atoms with Crippen molar-refractivity contribution in [2.45, 2.75) is 24.8 Å². The van der Waals surface area contributed by atoms with E-state index in [-0.39, 0.29) is 29.7 Å². The number of methoxy groups -OCH3 is 3. The minimum Gasteiger partial charge on any atom is -0.497 e. The van der Waals surface area contributed by atoms with E-state index in [4.69, 9.17) is 14.2 Å². The van der Waals surface area contributed by atoms with Crippen LogP contribution in [-0.2, 0) is 4.79 Å². The van der Waals surface area contributed by atoms with Crippen LogP contribution >= 0.6 is 0 Å². The fraction of sp³-hybridized carbons (Fsp3) is 0.417. The third-order valence-electron chi connectivity index (χ3n) is 6.04. The third-order valence-corrected chi connectivity index (χ3v) is 6.04. The molecule has 1 N–H and O–H groups in total. The number of likely N-dealkylation sites (tertiary alicyclic amines) is 1. The minimum absolute atomic E-state index is 0.00426. The predicted octanol–water partition coefficient (Wildman–Crippen LogP) is 2.85. The topological polar surface area (TPSA) is 77.1 Å². The zero-order valence-corrected chi connectivity index (χ0v) is 18.1. The van der Waals surface area contributed by atoms with Crippen LogP contribution in [-0.4, -0.2) is 57.2 Å². The van der Waals surface area contributed by atoms with Crippen LogP contribution in [0.25, 0.3) is 0 Å². The highest BCUT2D eigenvalue weighted by Gasteiger charge is 2.43. The normalized spacial score (nSPS) is 20.3. The minimum atomic E-state index is -0.343. The molecule has 2 aromatic rings. The molecule has 4 rings (SSSR count). The fourth-order valence-electron chi connectivity index (χ4n) is 4.13. The number of nitrogens with zero attached hydrogens (tertiary/aromatic N) is 1. The number of carbonyl (C=O) groups is 2. The first-order valence-electron chi connectivity index (χ1n) is 10.5. The second-order valence-corrected chi connectivity index (χ2v) is 8.04. The lowest BCUT2D eigenvalue weighted by Gasteiger charge is -2.21. The lowest BCUT2D eigenvalue weighted by molar-refractivity contribution is -0.125. The van der Waals surface area contributed by atoms with Crippen LogP contribution in [0.5, 0.6) is 17.2 Å². The molecule has 1 saturated carbocycles. The average Bonchev–Trinajstić information content (AvgIpc) is 3.51. The molecular weight excluding hydrogens is 396 g/mol. The van der Waals surface area contributed by atoms with Gasteiger partial charge in [0.05, 0.1) is 27.2 Å². The standard InChI is InChI=1S/C24H28N2O5/c1-29-17-8-4-15(5-9-17)24(28)26-13-20(21(14-26)23(27)25-16-6-7-16)19-11-10-18(30-2)12-22(19)31-3/h4-5,8-12,16,20-21H,6-7,13-14H2,1-3H3,(H,25,27)/t20-,21-/m1/s1. The van der Waals surface area contributed by atoms with Crippen LogP contribution in [0.3, 0.4) is 0 Å². The highest BCUT2D eigenvalue weighted by molar-refractivity contribution is 5.95. The molecule has 1 saturated heterocycles. The van der Waals surface area contributed by atoms with E-state index in [2.05, 4.69) is 5.32 Å². The zero-order chi connectivity index (χ0) is 22.0. The summed E-state index contributed by atoms with van der Waals surface area (Å²) in [4.78, 5) is 28.0. The first-order chi connectivity index (χ1) is 15.0. The van der Waals surface area contributed by atoms with Crippen LogP contribution in [0.1, 0.15) is 34.7 Å². The Kier molecular flexibility index (Phi) is 6.02. The van der Waals surface area contributed by atoms with Gasteiger partial charge < -0.3 is 24.4 Å². The van der Waals surface area contributed by atoms with E-state index in [1.165, 1.54) is 0 Å². The molecule has 0 aromatic heterocycles. The summed E-state index contributed by atoms with van der Waals surface area (Å²) >= 11 is 0. The summed E-state index contributed by atoms with van der Waals surface area (Å²) in [5, 5.41) is 3.11. The molecule has 0 unspecified atom stereocenters. The Morgan fingerprint density at radius 3 is 2.19 bits per heavy atom. The highest BCUT2D eigenvalue weighted by atomic mass is 16.5. The SMILES string of the molecule is COc1ccc(C(=O)N2C[C@H](c3ccc(OC)cc3OC)[C@H](C(=O)NC3CC3)C2)cc1. The van der Waals surface area contributed by atoms with Gasteiger partial charge in [-0.1, -0.05) is 6.07 Å². The Morgan fingerprint density at radius 1 is 0.903 bits per heavy atom. The quantitative estimate of drug-likeness (QED) is 0.740. The summed E-state index contributed by atoms with van der Waals surface area (Å²) in [5.74, 6) is 1.43. The predicted molar refractivity (Wildman–Crippen MR) is 116 cm³/mol. The van der Waals surface area contributed by atoms with E-state index in [1.54, 1.807) is 50.5 Å². The Bertz CT molecular complexity index is 955. The molecule has 0 bridgehead atoms. The van der Waals surface area contributed by atoms with Crippen LogP contribution in [0, 0.1) is 5.92 Å². The first kappa shape index (κ1) is 21.0.